The Kier molecular flexibility index (Phi) is 4.92. The lowest BCUT2D eigenvalue weighted by atomic mass is 10.1. The largest absolute Gasteiger partial charge is 0.465 e. The minimum atomic E-state index is -1.09. The van der Waals surface area contributed by atoms with E-state index in [9.17, 15) is 14.3 Å². The summed E-state index contributed by atoms with van der Waals surface area (Å²) < 4.78 is 14.0. The van der Waals surface area contributed by atoms with Gasteiger partial charge in [-0.1, -0.05) is 19.9 Å². The number of pyridine rings is 1. The van der Waals surface area contributed by atoms with Crippen LogP contribution in [0.25, 0.3) is 10.9 Å². The molecule has 0 saturated carbocycles. The highest BCUT2D eigenvalue weighted by Crippen LogP contribution is 2.26. The maximum atomic E-state index is 14.0. The highest BCUT2D eigenvalue weighted by Gasteiger charge is 2.18. The van der Waals surface area contributed by atoms with E-state index < -0.39 is 6.09 Å². The molecule has 1 aromatic heterocycles. The summed E-state index contributed by atoms with van der Waals surface area (Å²) >= 11 is 0. The number of anilines is 1. The first-order valence-corrected chi connectivity index (χ1v) is 7.25. The molecule has 2 aromatic rings. The van der Waals surface area contributed by atoms with Crippen molar-refractivity contribution in [3.63, 3.8) is 0 Å². The molecule has 22 heavy (non-hydrogen) atoms. The standard InChI is InChI=1S/C16H20FN3O2/c1-4-20(5-2)10-11-9-12-13(17)7-6-8-14(12)18-15(11)19(3)16(21)22/h6-9H,4-5,10H2,1-3H3,(H,21,22). The molecule has 0 atom stereocenters. The van der Waals surface area contributed by atoms with Gasteiger partial charge in [0.2, 0.25) is 0 Å². The predicted octanol–water partition coefficient (Wildman–Crippen LogP) is 3.33. The van der Waals surface area contributed by atoms with Gasteiger partial charge in [-0.3, -0.25) is 9.80 Å². The summed E-state index contributed by atoms with van der Waals surface area (Å²) in [5.41, 5.74) is 1.15. The van der Waals surface area contributed by atoms with Crippen LogP contribution in [0.2, 0.25) is 0 Å². The van der Waals surface area contributed by atoms with E-state index in [0.29, 0.717) is 28.8 Å². The van der Waals surface area contributed by atoms with Crippen LogP contribution in [0.3, 0.4) is 0 Å². The van der Waals surface area contributed by atoms with Crippen LogP contribution in [0, 0.1) is 5.82 Å². The van der Waals surface area contributed by atoms with Crippen LogP contribution in [0.15, 0.2) is 24.3 Å². The van der Waals surface area contributed by atoms with E-state index >= 15 is 0 Å². The van der Waals surface area contributed by atoms with Gasteiger partial charge in [-0.15, -0.1) is 0 Å². The average molecular weight is 305 g/mol. The smallest absolute Gasteiger partial charge is 0.412 e. The van der Waals surface area contributed by atoms with Crippen molar-refractivity contribution < 1.29 is 14.3 Å². The van der Waals surface area contributed by atoms with Crippen LogP contribution >= 0.6 is 0 Å². The molecule has 1 N–H and O–H groups in total. The van der Waals surface area contributed by atoms with Crippen molar-refractivity contribution in [1.82, 2.24) is 9.88 Å². The average Bonchev–Trinajstić information content (AvgIpc) is 2.51. The molecule has 0 fully saturated rings. The van der Waals surface area contributed by atoms with Crippen molar-refractivity contribution in [1.29, 1.82) is 0 Å². The van der Waals surface area contributed by atoms with Crippen LogP contribution < -0.4 is 4.90 Å². The number of hydrogen-bond donors (Lipinski definition) is 1. The fraction of sp³-hybridized carbons (Fsp3) is 0.375. The molecule has 0 saturated heterocycles. The van der Waals surface area contributed by atoms with Crippen molar-refractivity contribution in [3.8, 4) is 0 Å². The third-order valence-electron chi connectivity index (χ3n) is 3.76. The predicted molar refractivity (Wildman–Crippen MR) is 84.8 cm³/mol. The minimum Gasteiger partial charge on any atom is -0.465 e. The molecule has 2 rings (SSSR count). The number of halogens is 1. The topological polar surface area (TPSA) is 56.7 Å². The molecular weight excluding hydrogens is 285 g/mol. The molecule has 1 heterocycles. The number of nitrogens with zero attached hydrogens (tertiary/aromatic N) is 3. The molecule has 6 heteroatoms. The molecule has 118 valence electrons. The molecule has 0 bridgehead atoms. The normalized spacial score (nSPS) is 11.1. The zero-order valence-corrected chi connectivity index (χ0v) is 13.0. The van der Waals surface area contributed by atoms with Gasteiger partial charge in [0, 0.05) is 24.5 Å². The van der Waals surface area contributed by atoms with Gasteiger partial charge in [0.05, 0.1) is 5.52 Å². The third-order valence-corrected chi connectivity index (χ3v) is 3.76. The summed E-state index contributed by atoms with van der Waals surface area (Å²) in [4.78, 5) is 18.8. The van der Waals surface area contributed by atoms with Crippen molar-refractivity contribution in [3.05, 3.63) is 35.6 Å². The Hall–Kier alpha value is -2.21. The van der Waals surface area contributed by atoms with Crippen LogP contribution in [-0.4, -0.2) is 41.2 Å². The number of amides is 1. The fourth-order valence-electron chi connectivity index (χ4n) is 2.38. The van der Waals surface area contributed by atoms with E-state index in [2.05, 4.69) is 9.88 Å². The lowest BCUT2D eigenvalue weighted by molar-refractivity contribution is 0.203. The Labute approximate surface area is 129 Å². The molecule has 0 radical (unpaired) electrons. The molecule has 1 aromatic carbocycles. The molecule has 0 aliphatic heterocycles. The maximum absolute atomic E-state index is 14.0. The van der Waals surface area contributed by atoms with E-state index in [1.165, 1.54) is 13.1 Å². The van der Waals surface area contributed by atoms with Crippen molar-refractivity contribution in [2.45, 2.75) is 20.4 Å². The van der Waals surface area contributed by atoms with E-state index in [-0.39, 0.29) is 5.82 Å². The van der Waals surface area contributed by atoms with E-state index in [0.717, 1.165) is 18.0 Å². The van der Waals surface area contributed by atoms with E-state index in [4.69, 9.17) is 0 Å². The quantitative estimate of drug-likeness (QED) is 0.920. The molecule has 0 aliphatic rings. The second-order valence-electron chi connectivity index (χ2n) is 5.08. The van der Waals surface area contributed by atoms with E-state index in [1.54, 1.807) is 18.2 Å². The summed E-state index contributed by atoms with van der Waals surface area (Å²) in [6, 6.07) is 6.33. The summed E-state index contributed by atoms with van der Waals surface area (Å²) in [7, 11) is 1.45. The number of aromatic nitrogens is 1. The van der Waals surface area contributed by atoms with Gasteiger partial charge < -0.3 is 5.11 Å². The van der Waals surface area contributed by atoms with Crippen molar-refractivity contribution in [2.75, 3.05) is 25.0 Å². The Morgan fingerprint density at radius 3 is 2.59 bits per heavy atom. The molecule has 5 nitrogen and oxygen atoms in total. The first kappa shape index (κ1) is 16.2. The van der Waals surface area contributed by atoms with Gasteiger partial charge in [0.1, 0.15) is 11.6 Å². The van der Waals surface area contributed by atoms with Gasteiger partial charge >= 0.3 is 6.09 Å². The second kappa shape index (κ2) is 6.70. The Bertz CT molecular complexity index is 686. The SMILES string of the molecule is CCN(CC)Cc1cc2c(F)cccc2nc1N(C)C(=O)O. The third kappa shape index (κ3) is 3.17. The molecule has 1 amide bonds. The molecule has 0 spiro atoms. The monoisotopic (exact) mass is 305 g/mol. The number of benzene rings is 1. The van der Waals surface area contributed by atoms with Crippen LogP contribution in [0.4, 0.5) is 15.0 Å². The van der Waals surface area contributed by atoms with Gasteiger partial charge in [0.25, 0.3) is 0 Å². The van der Waals surface area contributed by atoms with Gasteiger partial charge in [0.15, 0.2) is 0 Å². The first-order chi connectivity index (χ1) is 10.5. The Morgan fingerprint density at radius 2 is 2.00 bits per heavy atom. The minimum absolute atomic E-state index is 0.345. The van der Waals surface area contributed by atoms with Gasteiger partial charge in [-0.2, -0.15) is 0 Å². The number of hydrogen-bond acceptors (Lipinski definition) is 3. The highest BCUT2D eigenvalue weighted by atomic mass is 19.1. The second-order valence-corrected chi connectivity index (χ2v) is 5.08. The Balaban J connectivity index is 2.60. The zero-order valence-electron chi connectivity index (χ0n) is 13.0. The van der Waals surface area contributed by atoms with Gasteiger partial charge in [-0.05, 0) is 31.3 Å². The maximum Gasteiger partial charge on any atom is 0.412 e. The summed E-state index contributed by atoms with van der Waals surface area (Å²) in [5, 5.41) is 9.64. The molecule has 0 aliphatic carbocycles. The zero-order chi connectivity index (χ0) is 16.3. The van der Waals surface area contributed by atoms with Gasteiger partial charge in [-0.25, -0.2) is 14.2 Å². The molecular formula is C16H20FN3O2. The summed E-state index contributed by atoms with van der Waals surface area (Å²) in [5.74, 6) is -0.00664. The summed E-state index contributed by atoms with van der Waals surface area (Å²) in [6.07, 6.45) is -1.09. The van der Waals surface area contributed by atoms with Crippen LogP contribution in [0.5, 0.6) is 0 Å². The van der Waals surface area contributed by atoms with Crippen molar-refractivity contribution in [2.24, 2.45) is 0 Å². The highest BCUT2D eigenvalue weighted by molar-refractivity contribution is 5.89. The van der Waals surface area contributed by atoms with Crippen LogP contribution in [0.1, 0.15) is 19.4 Å². The summed E-state index contributed by atoms with van der Waals surface area (Å²) in [6.45, 7) is 6.22. The van der Waals surface area contributed by atoms with Crippen molar-refractivity contribution >= 4 is 22.8 Å². The number of fused-ring (bicyclic) bond motifs is 1. The first-order valence-electron chi connectivity index (χ1n) is 7.25. The van der Waals surface area contributed by atoms with Crippen LogP contribution in [-0.2, 0) is 6.54 Å². The molecule has 0 unspecified atom stereocenters. The number of carboxylic acid groups (broad SMARTS) is 1. The Morgan fingerprint density at radius 1 is 1.32 bits per heavy atom. The number of carbonyl (C=O) groups is 1. The number of rotatable bonds is 5. The lowest BCUT2D eigenvalue weighted by Crippen LogP contribution is -2.29. The van der Waals surface area contributed by atoms with E-state index in [1.807, 2.05) is 13.8 Å². The fourth-order valence-corrected chi connectivity index (χ4v) is 2.38. The lowest BCUT2D eigenvalue weighted by Gasteiger charge is -2.23.